The number of rotatable bonds is 3. The topological polar surface area (TPSA) is 29.5 Å². The summed E-state index contributed by atoms with van der Waals surface area (Å²) in [4.78, 5) is 0. The lowest BCUT2D eigenvalue weighted by Gasteiger charge is -2.16. The summed E-state index contributed by atoms with van der Waals surface area (Å²) in [5.41, 5.74) is 2.85. The number of fused-ring (bicyclic) bond motifs is 1. The minimum Gasteiger partial charge on any atom is -0.496 e. The van der Waals surface area contributed by atoms with E-state index >= 15 is 0 Å². The molecule has 3 aromatic rings. The van der Waals surface area contributed by atoms with Crippen LogP contribution in [0.5, 0.6) is 5.75 Å². The molecule has 3 rings (SSSR count). The molecule has 0 aliphatic heterocycles. The Balaban J connectivity index is 2.15. The molecule has 1 atom stereocenters. The number of hydrogen-bond acceptors (Lipinski definition) is 3. The van der Waals surface area contributed by atoms with Crippen LogP contribution in [0, 0.1) is 6.92 Å². The molecule has 0 amide bonds. The van der Waals surface area contributed by atoms with Gasteiger partial charge in [0.2, 0.25) is 0 Å². The summed E-state index contributed by atoms with van der Waals surface area (Å²) in [6.07, 6.45) is -0.674. The van der Waals surface area contributed by atoms with Crippen molar-refractivity contribution < 1.29 is 9.84 Å². The highest BCUT2D eigenvalue weighted by molar-refractivity contribution is 7.17. The summed E-state index contributed by atoms with van der Waals surface area (Å²) in [6, 6.07) is 14.0. The molecule has 2 aromatic carbocycles. The number of hydrogen-bond donors (Lipinski definition) is 1. The van der Waals surface area contributed by atoms with Crippen LogP contribution in [0.1, 0.15) is 22.8 Å². The van der Waals surface area contributed by atoms with Crippen molar-refractivity contribution in [2.24, 2.45) is 0 Å². The zero-order valence-corrected chi connectivity index (χ0v) is 12.3. The Morgan fingerprint density at radius 3 is 2.75 bits per heavy atom. The zero-order chi connectivity index (χ0) is 14.1. The van der Waals surface area contributed by atoms with Gasteiger partial charge < -0.3 is 9.84 Å². The van der Waals surface area contributed by atoms with Crippen molar-refractivity contribution in [1.29, 1.82) is 0 Å². The Morgan fingerprint density at radius 1 is 1.10 bits per heavy atom. The maximum Gasteiger partial charge on any atom is 0.125 e. The molecule has 0 saturated carbocycles. The summed E-state index contributed by atoms with van der Waals surface area (Å²) >= 11 is 1.65. The van der Waals surface area contributed by atoms with Gasteiger partial charge in [-0.2, -0.15) is 0 Å². The molecule has 1 heterocycles. The Hall–Kier alpha value is -1.84. The van der Waals surface area contributed by atoms with Gasteiger partial charge in [-0.15, -0.1) is 11.3 Å². The Kier molecular flexibility index (Phi) is 3.47. The van der Waals surface area contributed by atoms with Crippen LogP contribution < -0.4 is 4.74 Å². The van der Waals surface area contributed by atoms with Gasteiger partial charge in [0.15, 0.2) is 0 Å². The van der Waals surface area contributed by atoms with E-state index in [9.17, 15) is 5.11 Å². The first-order chi connectivity index (χ1) is 9.70. The van der Waals surface area contributed by atoms with E-state index in [1.807, 2.05) is 42.6 Å². The third-order valence-electron chi connectivity index (χ3n) is 3.48. The van der Waals surface area contributed by atoms with Gasteiger partial charge in [-0.3, -0.25) is 0 Å². The van der Waals surface area contributed by atoms with Crippen LogP contribution in [-0.4, -0.2) is 12.2 Å². The monoisotopic (exact) mass is 284 g/mol. The van der Waals surface area contributed by atoms with Gasteiger partial charge in [0.05, 0.1) is 7.11 Å². The number of methoxy groups -OCH3 is 1. The highest BCUT2D eigenvalue weighted by Crippen LogP contribution is 2.36. The summed E-state index contributed by atoms with van der Waals surface area (Å²) < 4.78 is 6.51. The fourth-order valence-corrected chi connectivity index (χ4v) is 3.41. The second-order valence-electron chi connectivity index (χ2n) is 4.83. The van der Waals surface area contributed by atoms with Crippen LogP contribution in [0.15, 0.2) is 47.8 Å². The summed E-state index contributed by atoms with van der Waals surface area (Å²) in [5, 5.41) is 14.0. The Labute approximate surface area is 122 Å². The van der Waals surface area contributed by atoms with E-state index in [1.54, 1.807) is 18.4 Å². The van der Waals surface area contributed by atoms with Crippen molar-refractivity contribution in [2.75, 3.05) is 7.11 Å². The predicted molar refractivity (Wildman–Crippen MR) is 83.6 cm³/mol. The van der Waals surface area contributed by atoms with Gasteiger partial charge in [0.1, 0.15) is 11.9 Å². The van der Waals surface area contributed by atoms with E-state index in [1.165, 1.54) is 0 Å². The van der Waals surface area contributed by atoms with Crippen LogP contribution in [0.3, 0.4) is 0 Å². The second kappa shape index (κ2) is 5.27. The van der Waals surface area contributed by atoms with Gasteiger partial charge in [-0.1, -0.05) is 29.8 Å². The number of aryl methyl sites for hydroxylation is 1. The maximum atomic E-state index is 10.8. The molecule has 1 unspecified atom stereocenters. The van der Waals surface area contributed by atoms with Crippen LogP contribution in [0.4, 0.5) is 0 Å². The van der Waals surface area contributed by atoms with E-state index in [-0.39, 0.29) is 0 Å². The summed E-state index contributed by atoms with van der Waals surface area (Å²) in [7, 11) is 1.63. The fraction of sp³-hybridized carbons (Fsp3) is 0.176. The lowest BCUT2D eigenvalue weighted by molar-refractivity contribution is 0.216. The van der Waals surface area contributed by atoms with Crippen molar-refractivity contribution in [3.8, 4) is 5.75 Å². The van der Waals surface area contributed by atoms with Crippen molar-refractivity contribution in [2.45, 2.75) is 13.0 Å². The number of aliphatic hydroxyl groups is 1. The minimum atomic E-state index is -0.674. The van der Waals surface area contributed by atoms with Crippen LogP contribution in [0.2, 0.25) is 0 Å². The van der Waals surface area contributed by atoms with Crippen molar-refractivity contribution in [1.82, 2.24) is 0 Å². The van der Waals surface area contributed by atoms with Gasteiger partial charge in [0, 0.05) is 15.8 Å². The molecule has 0 fully saturated rings. The standard InChI is InChI=1S/C17H16O2S/c1-11-6-7-15(19-2)14(10-11)16(18)13-5-3-4-12-8-9-20-17(12)13/h3-10,16,18H,1-2H3. The molecule has 2 nitrogen and oxygen atoms in total. The molecule has 3 heteroatoms. The second-order valence-corrected chi connectivity index (χ2v) is 5.75. The number of ether oxygens (including phenoxy) is 1. The molecule has 102 valence electrons. The molecule has 0 aliphatic rings. The number of benzene rings is 2. The third kappa shape index (κ3) is 2.19. The number of thiophene rings is 1. The zero-order valence-electron chi connectivity index (χ0n) is 11.5. The highest BCUT2D eigenvalue weighted by Gasteiger charge is 2.18. The van der Waals surface area contributed by atoms with Crippen molar-refractivity contribution >= 4 is 21.4 Å². The molecule has 0 radical (unpaired) electrons. The molecule has 0 bridgehead atoms. The Bertz CT molecular complexity index is 746. The van der Waals surface area contributed by atoms with Gasteiger partial charge in [-0.05, 0) is 35.9 Å². The van der Waals surface area contributed by atoms with Crippen LogP contribution in [-0.2, 0) is 0 Å². The molecule has 0 aliphatic carbocycles. The number of aliphatic hydroxyl groups excluding tert-OH is 1. The largest absolute Gasteiger partial charge is 0.496 e. The van der Waals surface area contributed by atoms with E-state index < -0.39 is 6.10 Å². The average molecular weight is 284 g/mol. The molecular formula is C17H16O2S. The first-order valence-corrected chi connectivity index (χ1v) is 7.37. The normalized spacial score (nSPS) is 12.6. The lowest BCUT2D eigenvalue weighted by atomic mass is 9.98. The van der Waals surface area contributed by atoms with Gasteiger partial charge in [-0.25, -0.2) is 0 Å². The third-order valence-corrected chi connectivity index (χ3v) is 4.46. The summed E-state index contributed by atoms with van der Waals surface area (Å²) in [5.74, 6) is 0.719. The average Bonchev–Trinajstić information content (AvgIpc) is 2.94. The molecule has 0 spiro atoms. The van der Waals surface area contributed by atoms with E-state index in [0.29, 0.717) is 0 Å². The molecule has 0 saturated heterocycles. The van der Waals surface area contributed by atoms with Crippen LogP contribution in [0.25, 0.3) is 10.1 Å². The predicted octanol–water partition coefficient (Wildman–Crippen LogP) is 4.30. The smallest absolute Gasteiger partial charge is 0.125 e. The van der Waals surface area contributed by atoms with Gasteiger partial charge >= 0.3 is 0 Å². The first kappa shape index (κ1) is 13.2. The van der Waals surface area contributed by atoms with Gasteiger partial charge in [0.25, 0.3) is 0 Å². The van der Waals surface area contributed by atoms with Crippen molar-refractivity contribution in [3.05, 3.63) is 64.5 Å². The summed E-state index contributed by atoms with van der Waals surface area (Å²) in [6.45, 7) is 2.02. The van der Waals surface area contributed by atoms with Crippen LogP contribution >= 0.6 is 11.3 Å². The molecular weight excluding hydrogens is 268 g/mol. The highest BCUT2D eigenvalue weighted by atomic mass is 32.1. The fourth-order valence-electron chi connectivity index (χ4n) is 2.47. The molecule has 1 N–H and O–H groups in total. The van der Waals surface area contributed by atoms with E-state index in [2.05, 4.69) is 12.1 Å². The van der Waals surface area contributed by atoms with Crippen molar-refractivity contribution in [3.63, 3.8) is 0 Å². The van der Waals surface area contributed by atoms with E-state index in [0.717, 1.165) is 32.5 Å². The molecule has 20 heavy (non-hydrogen) atoms. The quantitative estimate of drug-likeness (QED) is 0.777. The maximum absolute atomic E-state index is 10.8. The first-order valence-electron chi connectivity index (χ1n) is 6.49. The minimum absolute atomic E-state index is 0.674. The van der Waals surface area contributed by atoms with E-state index in [4.69, 9.17) is 4.74 Å². The Morgan fingerprint density at radius 2 is 1.95 bits per heavy atom. The SMILES string of the molecule is COc1ccc(C)cc1C(O)c1cccc2ccsc12. The lowest BCUT2D eigenvalue weighted by Crippen LogP contribution is -2.03. The molecule has 1 aromatic heterocycles.